The molecule has 0 aliphatic heterocycles. The van der Waals surface area contributed by atoms with E-state index in [2.05, 4.69) is 47.8 Å². The van der Waals surface area contributed by atoms with Gasteiger partial charge in [-0.1, -0.05) is 30.3 Å². The van der Waals surface area contributed by atoms with Crippen molar-refractivity contribution in [2.45, 2.75) is 13.0 Å². The van der Waals surface area contributed by atoms with Crippen molar-refractivity contribution < 1.29 is 9.90 Å². The highest BCUT2D eigenvalue weighted by atomic mass is 79.9. The molecule has 0 bridgehead atoms. The molecule has 1 heterocycles. The maximum absolute atomic E-state index is 11.3. The van der Waals surface area contributed by atoms with E-state index in [9.17, 15) is 9.90 Å². The summed E-state index contributed by atoms with van der Waals surface area (Å²) in [4.78, 5) is 11.3. The third-order valence-corrected chi connectivity index (χ3v) is 6.19. The number of carboxylic acid groups (broad SMARTS) is 1. The molecular weight excluding hydrogens is 442 g/mol. The summed E-state index contributed by atoms with van der Waals surface area (Å²) in [6, 6.07) is 9.97. The van der Waals surface area contributed by atoms with Crippen LogP contribution >= 0.6 is 47.8 Å². The third kappa shape index (κ3) is 3.12. The zero-order valence-electron chi connectivity index (χ0n) is 9.74. The highest BCUT2D eigenvalue weighted by molar-refractivity contribution is 9.14. The van der Waals surface area contributed by atoms with E-state index in [-0.39, 0.29) is 5.69 Å². The molecule has 100 valence electrons. The number of rotatable bonds is 4. The average Bonchev–Trinajstić information content (AvgIpc) is 2.62. The molecule has 3 nitrogen and oxygen atoms in total. The molecule has 1 N–H and O–H groups in total. The first-order chi connectivity index (χ1) is 9.02. The van der Waals surface area contributed by atoms with Crippen molar-refractivity contribution in [3.05, 3.63) is 55.1 Å². The predicted octanol–water partition coefficient (Wildman–Crippen LogP) is 4.72. The number of aromatic carboxylic acids is 1. The van der Waals surface area contributed by atoms with Crippen LogP contribution in [-0.4, -0.2) is 15.6 Å². The van der Waals surface area contributed by atoms with E-state index >= 15 is 0 Å². The topological polar surface area (TPSA) is 42.2 Å². The van der Waals surface area contributed by atoms with Crippen LogP contribution in [0.15, 0.2) is 43.9 Å². The Balaban J connectivity index is 2.30. The van der Waals surface area contributed by atoms with Crippen LogP contribution in [0.1, 0.15) is 16.1 Å². The van der Waals surface area contributed by atoms with Crippen LogP contribution in [0.25, 0.3) is 0 Å². The van der Waals surface area contributed by atoms with Crippen molar-refractivity contribution in [2.24, 2.45) is 0 Å². The minimum atomic E-state index is -0.952. The average molecular weight is 452 g/mol. The first-order valence-electron chi connectivity index (χ1n) is 5.52. The number of carboxylic acids is 1. The summed E-state index contributed by atoms with van der Waals surface area (Å²) < 4.78 is 3.74. The molecule has 0 saturated carbocycles. The zero-order chi connectivity index (χ0) is 14.0. The van der Waals surface area contributed by atoms with Crippen LogP contribution in [0.4, 0.5) is 0 Å². The maximum atomic E-state index is 11.3. The fraction of sp³-hybridized carbons (Fsp3) is 0.154. The van der Waals surface area contributed by atoms with Gasteiger partial charge >= 0.3 is 5.97 Å². The van der Waals surface area contributed by atoms with Crippen molar-refractivity contribution in [3.63, 3.8) is 0 Å². The van der Waals surface area contributed by atoms with Crippen LogP contribution in [0.5, 0.6) is 0 Å². The van der Waals surface area contributed by atoms with Gasteiger partial charge in [0.25, 0.3) is 0 Å². The van der Waals surface area contributed by atoms with Gasteiger partial charge in [-0.15, -0.1) is 0 Å². The SMILES string of the molecule is O=C(O)c1c(Br)c(Br)c(Br)n1CCc1ccccc1. The van der Waals surface area contributed by atoms with Crippen molar-refractivity contribution in [3.8, 4) is 0 Å². The van der Waals surface area contributed by atoms with Crippen LogP contribution in [0.3, 0.4) is 0 Å². The number of hydrogen-bond donors (Lipinski definition) is 1. The van der Waals surface area contributed by atoms with E-state index < -0.39 is 5.97 Å². The molecule has 19 heavy (non-hydrogen) atoms. The molecule has 1 aromatic heterocycles. The van der Waals surface area contributed by atoms with Gasteiger partial charge in [-0.05, 0) is 59.8 Å². The fourth-order valence-electron chi connectivity index (χ4n) is 1.83. The Morgan fingerprint density at radius 2 is 1.74 bits per heavy atom. The van der Waals surface area contributed by atoms with Gasteiger partial charge in [0.2, 0.25) is 0 Å². The monoisotopic (exact) mass is 449 g/mol. The molecule has 6 heteroatoms. The van der Waals surface area contributed by atoms with Gasteiger partial charge < -0.3 is 9.67 Å². The number of halogens is 3. The van der Waals surface area contributed by atoms with Gasteiger partial charge in [-0.2, -0.15) is 0 Å². The number of benzene rings is 1. The molecule has 0 spiro atoms. The number of hydrogen-bond acceptors (Lipinski definition) is 1. The molecule has 1 aromatic carbocycles. The lowest BCUT2D eigenvalue weighted by molar-refractivity contribution is 0.0683. The number of aryl methyl sites for hydroxylation is 1. The minimum Gasteiger partial charge on any atom is -0.477 e. The standard InChI is InChI=1S/C13H10Br3NO2/c14-9-10(15)12(16)17(11(9)13(18)19)7-6-8-4-2-1-3-5-8/h1-5H,6-7H2,(H,18,19). The second-order valence-electron chi connectivity index (χ2n) is 3.96. The van der Waals surface area contributed by atoms with Crippen LogP contribution in [0.2, 0.25) is 0 Å². The summed E-state index contributed by atoms with van der Waals surface area (Å²) >= 11 is 10.1. The number of carbonyl (C=O) groups is 1. The van der Waals surface area contributed by atoms with Crippen molar-refractivity contribution in [1.82, 2.24) is 4.57 Å². The van der Waals surface area contributed by atoms with Crippen LogP contribution in [0, 0.1) is 0 Å². The highest BCUT2D eigenvalue weighted by Gasteiger charge is 2.22. The summed E-state index contributed by atoms with van der Waals surface area (Å²) in [5, 5.41) is 9.29. The van der Waals surface area contributed by atoms with Gasteiger partial charge in [-0.3, -0.25) is 0 Å². The van der Waals surface area contributed by atoms with E-state index in [1.165, 1.54) is 5.56 Å². The smallest absolute Gasteiger partial charge is 0.353 e. The summed E-state index contributed by atoms with van der Waals surface area (Å²) in [6.07, 6.45) is 0.771. The molecule has 0 unspecified atom stereocenters. The van der Waals surface area contributed by atoms with Gasteiger partial charge in [0.15, 0.2) is 0 Å². The van der Waals surface area contributed by atoms with Crippen molar-refractivity contribution in [1.29, 1.82) is 0 Å². The van der Waals surface area contributed by atoms with Crippen molar-refractivity contribution in [2.75, 3.05) is 0 Å². The minimum absolute atomic E-state index is 0.245. The quantitative estimate of drug-likeness (QED) is 0.731. The van der Waals surface area contributed by atoms with Gasteiger partial charge in [0.05, 0.1) is 8.95 Å². The van der Waals surface area contributed by atoms with E-state index in [0.717, 1.165) is 15.5 Å². The Morgan fingerprint density at radius 3 is 2.32 bits per heavy atom. The molecule has 0 aliphatic rings. The lowest BCUT2D eigenvalue weighted by Crippen LogP contribution is -2.11. The Bertz CT molecular complexity index is 608. The molecule has 0 amide bonds. The summed E-state index contributed by atoms with van der Waals surface area (Å²) in [6.45, 7) is 0.594. The third-order valence-electron chi connectivity index (χ3n) is 2.76. The summed E-state index contributed by atoms with van der Waals surface area (Å²) in [5.74, 6) is -0.952. The Labute approximate surface area is 136 Å². The number of aromatic nitrogens is 1. The second-order valence-corrected chi connectivity index (χ2v) is 6.30. The predicted molar refractivity (Wildman–Crippen MR) is 84.6 cm³/mol. The van der Waals surface area contributed by atoms with E-state index in [1.807, 2.05) is 30.3 Å². The van der Waals surface area contributed by atoms with E-state index in [1.54, 1.807) is 4.57 Å². The lowest BCUT2D eigenvalue weighted by atomic mass is 10.1. The first kappa shape index (κ1) is 14.8. The van der Waals surface area contributed by atoms with Gasteiger partial charge in [0.1, 0.15) is 10.3 Å². The van der Waals surface area contributed by atoms with E-state index in [4.69, 9.17) is 0 Å². The Kier molecular flexibility index (Phi) is 4.86. The summed E-state index contributed by atoms with van der Waals surface area (Å²) in [5.41, 5.74) is 1.42. The zero-order valence-corrected chi connectivity index (χ0v) is 14.5. The molecule has 0 atom stereocenters. The molecule has 2 aromatic rings. The number of nitrogens with zero attached hydrogens (tertiary/aromatic N) is 1. The Morgan fingerprint density at radius 1 is 1.11 bits per heavy atom. The highest BCUT2D eigenvalue weighted by Crippen LogP contribution is 2.37. The molecule has 2 rings (SSSR count). The van der Waals surface area contributed by atoms with Gasteiger partial charge in [-0.25, -0.2) is 4.79 Å². The molecule has 0 radical (unpaired) electrons. The fourth-order valence-corrected chi connectivity index (χ4v) is 3.63. The maximum Gasteiger partial charge on any atom is 0.353 e. The lowest BCUT2D eigenvalue weighted by Gasteiger charge is -2.08. The second kappa shape index (κ2) is 6.24. The summed E-state index contributed by atoms with van der Waals surface area (Å²) in [7, 11) is 0. The first-order valence-corrected chi connectivity index (χ1v) is 7.90. The van der Waals surface area contributed by atoms with Crippen molar-refractivity contribution >= 4 is 53.8 Å². The molecule has 0 fully saturated rings. The van der Waals surface area contributed by atoms with Gasteiger partial charge in [0, 0.05) is 6.54 Å². The molecule has 0 saturated heterocycles. The largest absolute Gasteiger partial charge is 0.477 e. The normalized spacial score (nSPS) is 10.7. The molecular formula is C13H10Br3NO2. The Hall–Kier alpha value is -0.590. The van der Waals surface area contributed by atoms with Crippen LogP contribution < -0.4 is 0 Å². The van der Waals surface area contributed by atoms with Crippen LogP contribution in [-0.2, 0) is 13.0 Å². The van der Waals surface area contributed by atoms with E-state index in [0.29, 0.717) is 11.0 Å². The molecule has 0 aliphatic carbocycles.